The predicted octanol–water partition coefficient (Wildman–Crippen LogP) is 3.60. The van der Waals surface area contributed by atoms with Crippen LogP contribution in [0.3, 0.4) is 0 Å². The average molecular weight is 284 g/mol. The molecular weight excluding hydrogens is 260 g/mol. The van der Waals surface area contributed by atoms with E-state index in [-0.39, 0.29) is 0 Å². The minimum Gasteiger partial charge on any atom is -0.309 e. The molecule has 0 saturated carbocycles. The van der Waals surface area contributed by atoms with Gasteiger partial charge in [-0.3, -0.25) is 0 Å². The van der Waals surface area contributed by atoms with Crippen LogP contribution in [0, 0.1) is 0 Å². The van der Waals surface area contributed by atoms with Crippen LogP contribution < -0.4 is 5.32 Å². The average Bonchev–Trinajstić information content (AvgIpc) is 2.74. The molecular formula is C14H24N2S2. The Labute approximate surface area is 119 Å². The van der Waals surface area contributed by atoms with E-state index in [0.29, 0.717) is 12.1 Å². The standard InChI is InChI=1S/C14H24N2S2/c1-10(5-7-16(3)4)15-13-9-11(2)18-14-12(13)6-8-17-14/h6,8,10-11,13,15H,5,7,9H2,1-4H3/t10?,11-,13?/m0/s1. The first-order valence-electron chi connectivity index (χ1n) is 6.71. The Bertz CT molecular complexity index is 376. The summed E-state index contributed by atoms with van der Waals surface area (Å²) in [5, 5.41) is 6.78. The zero-order chi connectivity index (χ0) is 13.1. The van der Waals surface area contributed by atoms with Crippen LogP contribution in [-0.4, -0.2) is 36.8 Å². The monoisotopic (exact) mass is 284 g/mol. The molecule has 0 bridgehead atoms. The molecule has 0 aromatic carbocycles. The molecule has 4 heteroatoms. The van der Waals surface area contributed by atoms with Crippen molar-refractivity contribution >= 4 is 23.1 Å². The largest absolute Gasteiger partial charge is 0.309 e. The van der Waals surface area contributed by atoms with Crippen molar-refractivity contribution in [1.29, 1.82) is 0 Å². The lowest BCUT2D eigenvalue weighted by molar-refractivity contribution is 0.343. The van der Waals surface area contributed by atoms with E-state index in [4.69, 9.17) is 0 Å². The molecule has 1 aromatic rings. The van der Waals surface area contributed by atoms with Gasteiger partial charge in [-0.2, -0.15) is 0 Å². The molecule has 0 aliphatic carbocycles. The number of fused-ring (bicyclic) bond motifs is 1. The summed E-state index contributed by atoms with van der Waals surface area (Å²) in [6.45, 7) is 5.80. The van der Waals surface area contributed by atoms with Gasteiger partial charge in [-0.15, -0.1) is 23.1 Å². The SMILES string of the molecule is CC(CCN(C)C)NC1C[C@H](C)Sc2sccc21. The molecule has 2 nitrogen and oxygen atoms in total. The summed E-state index contributed by atoms with van der Waals surface area (Å²) < 4.78 is 1.52. The van der Waals surface area contributed by atoms with E-state index in [2.05, 4.69) is 49.6 Å². The Kier molecular flexibility index (Phi) is 5.13. The molecule has 0 fully saturated rings. The van der Waals surface area contributed by atoms with Crippen molar-refractivity contribution in [2.75, 3.05) is 20.6 Å². The molecule has 0 radical (unpaired) electrons. The molecule has 0 saturated heterocycles. The number of nitrogens with zero attached hydrogens (tertiary/aromatic N) is 1. The maximum Gasteiger partial charge on any atom is 0.0649 e. The van der Waals surface area contributed by atoms with Gasteiger partial charge in [0.15, 0.2) is 0 Å². The zero-order valence-corrected chi connectivity index (χ0v) is 13.4. The lowest BCUT2D eigenvalue weighted by Crippen LogP contribution is -2.35. The Morgan fingerprint density at radius 3 is 3.00 bits per heavy atom. The number of nitrogens with one attached hydrogen (secondary N) is 1. The summed E-state index contributed by atoms with van der Waals surface area (Å²) in [4.78, 5) is 2.26. The van der Waals surface area contributed by atoms with Crippen molar-refractivity contribution in [3.8, 4) is 0 Å². The van der Waals surface area contributed by atoms with Gasteiger partial charge >= 0.3 is 0 Å². The van der Waals surface area contributed by atoms with Crippen LogP contribution in [-0.2, 0) is 0 Å². The number of thioether (sulfide) groups is 1. The van der Waals surface area contributed by atoms with E-state index in [1.165, 1.54) is 22.6 Å². The lowest BCUT2D eigenvalue weighted by Gasteiger charge is -2.30. The summed E-state index contributed by atoms with van der Waals surface area (Å²) in [7, 11) is 4.28. The quantitative estimate of drug-likeness (QED) is 0.889. The van der Waals surface area contributed by atoms with Gasteiger partial charge in [0.25, 0.3) is 0 Å². The van der Waals surface area contributed by atoms with Crippen LogP contribution in [0.15, 0.2) is 15.7 Å². The Balaban J connectivity index is 1.93. The van der Waals surface area contributed by atoms with Gasteiger partial charge in [0.1, 0.15) is 0 Å². The molecule has 2 unspecified atom stereocenters. The van der Waals surface area contributed by atoms with E-state index in [9.17, 15) is 0 Å². The lowest BCUT2D eigenvalue weighted by atomic mass is 10.0. The fourth-order valence-corrected chi connectivity index (χ4v) is 4.95. The van der Waals surface area contributed by atoms with E-state index in [1.807, 2.05) is 23.1 Å². The Morgan fingerprint density at radius 1 is 1.50 bits per heavy atom. The molecule has 18 heavy (non-hydrogen) atoms. The maximum atomic E-state index is 3.81. The van der Waals surface area contributed by atoms with Gasteiger partial charge in [-0.1, -0.05) is 6.92 Å². The highest BCUT2D eigenvalue weighted by Crippen LogP contribution is 2.43. The fraction of sp³-hybridized carbons (Fsp3) is 0.714. The second kappa shape index (κ2) is 6.42. The van der Waals surface area contributed by atoms with Crippen molar-refractivity contribution in [3.05, 3.63) is 17.0 Å². The third-order valence-electron chi connectivity index (χ3n) is 3.40. The summed E-state index contributed by atoms with van der Waals surface area (Å²) in [5.41, 5.74) is 1.53. The van der Waals surface area contributed by atoms with E-state index in [1.54, 1.807) is 0 Å². The summed E-state index contributed by atoms with van der Waals surface area (Å²) >= 11 is 3.93. The Hall–Kier alpha value is -0.0300. The molecule has 3 atom stereocenters. The highest BCUT2D eigenvalue weighted by Gasteiger charge is 2.26. The van der Waals surface area contributed by atoms with Crippen LogP contribution in [0.1, 0.15) is 38.3 Å². The normalized spacial score (nSPS) is 25.2. The molecule has 1 aromatic heterocycles. The van der Waals surface area contributed by atoms with E-state index < -0.39 is 0 Å². The van der Waals surface area contributed by atoms with Crippen molar-refractivity contribution in [3.63, 3.8) is 0 Å². The summed E-state index contributed by atoms with van der Waals surface area (Å²) in [5.74, 6) is 0. The van der Waals surface area contributed by atoms with Crippen LogP contribution >= 0.6 is 23.1 Å². The fourth-order valence-electron chi connectivity index (χ4n) is 2.39. The van der Waals surface area contributed by atoms with Crippen molar-refractivity contribution < 1.29 is 0 Å². The number of thiophene rings is 1. The molecule has 1 aliphatic rings. The van der Waals surface area contributed by atoms with Crippen LogP contribution in [0.4, 0.5) is 0 Å². The minimum absolute atomic E-state index is 0.555. The van der Waals surface area contributed by atoms with Crippen LogP contribution in [0.5, 0.6) is 0 Å². The minimum atomic E-state index is 0.555. The van der Waals surface area contributed by atoms with Gasteiger partial charge in [-0.05, 0) is 57.4 Å². The van der Waals surface area contributed by atoms with Gasteiger partial charge in [0.2, 0.25) is 0 Å². The molecule has 1 aliphatic heterocycles. The number of hydrogen-bond acceptors (Lipinski definition) is 4. The van der Waals surface area contributed by atoms with E-state index >= 15 is 0 Å². The number of hydrogen-bond donors (Lipinski definition) is 1. The number of rotatable bonds is 5. The summed E-state index contributed by atoms with van der Waals surface area (Å²) in [6, 6.07) is 3.44. The molecule has 2 rings (SSSR count). The molecule has 102 valence electrons. The first kappa shape index (κ1) is 14.4. The summed E-state index contributed by atoms with van der Waals surface area (Å²) in [6.07, 6.45) is 2.46. The first-order valence-corrected chi connectivity index (χ1v) is 8.47. The third-order valence-corrected chi connectivity index (χ3v) is 5.75. The van der Waals surface area contributed by atoms with E-state index in [0.717, 1.165) is 11.8 Å². The smallest absolute Gasteiger partial charge is 0.0649 e. The molecule has 0 amide bonds. The van der Waals surface area contributed by atoms with Crippen molar-refractivity contribution in [2.45, 2.75) is 48.2 Å². The van der Waals surface area contributed by atoms with Gasteiger partial charge in [0, 0.05) is 17.3 Å². The maximum absolute atomic E-state index is 3.81. The second-order valence-corrected chi connectivity index (χ2v) is 8.16. The van der Waals surface area contributed by atoms with Crippen molar-refractivity contribution in [1.82, 2.24) is 10.2 Å². The van der Waals surface area contributed by atoms with Gasteiger partial charge in [0.05, 0.1) is 4.21 Å². The first-order chi connectivity index (χ1) is 8.56. The molecule has 1 N–H and O–H groups in total. The molecule has 0 spiro atoms. The third kappa shape index (κ3) is 3.73. The molecule has 2 heterocycles. The zero-order valence-electron chi connectivity index (χ0n) is 11.8. The van der Waals surface area contributed by atoms with Gasteiger partial charge < -0.3 is 10.2 Å². The van der Waals surface area contributed by atoms with Crippen LogP contribution in [0.25, 0.3) is 0 Å². The van der Waals surface area contributed by atoms with Crippen LogP contribution in [0.2, 0.25) is 0 Å². The topological polar surface area (TPSA) is 15.3 Å². The van der Waals surface area contributed by atoms with Crippen molar-refractivity contribution in [2.24, 2.45) is 0 Å². The second-order valence-electron chi connectivity index (χ2n) is 5.54. The predicted molar refractivity (Wildman–Crippen MR) is 82.8 cm³/mol. The Morgan fingerprint density at radius 2 is 2.28 bits per heavy atom. The highest BCUT2D eigenvalue weighted by molar-refractivity contribution is 8.01. The highest BCUT2D eigenvalue weighted by atomic mass is 32.2. The van der Waals surface area contributed by atoms with Gasteiger partial charge in [-0.25, -0.2) is 0 Å².